The number of hydrogen-bond acceptors (Lipinski definition) is 4. The summed E-state index contributed by atoms with van der Waals surface area (Å²) in [4.78, 5) is 11.5. The summed E-state index contributed by atoms with van der Waals surface area (Å²) in [5.41, 5.74) is 3.00. The molecule has 1 aromatic carbocycles. The largest absolute Gasteiger partial charge is 0.378 e. The van der Waals surface area contributed by atoms with Gasteiger partial charge in [-0.2, -0.15) is 0 Å². The minimum atomic E-state index is 0.765. The van der Waals surface area contributed by atoms with Crippen LogP contribution in [-0.2, 0) is 4.74 Å². The van der Waals surface area contributed by atoms with Gasteiger partial charge in [-0.1, -0.05) is 30.3 Å². The predicted octanol–water partition coefficient (Wildman–Crippen LogP) is 2.29. The Kier molecular flexibility index (Phi) is 3.42. The van der Waals surface area contributed by atoms with Crippen molar-refractivity contribution in [3.05, 3.63) is 42.2 Å². The number of hydrogen-bond donors (Lipinski definition) is 0. The molecule has 4 nitrogen and oxygen atoms in total. The quantitative estimate of drug-likeness (QED) is 0.825. The standard InChI is InChI=1S/C15H17N3O/c1-12-15(18-7-9-19-10-8-18)16-11-14(17-12)13-5-3-2-4-6-13/h2-6,11H,7-10H2,1H3. The minimum absolute atomic E-state index is 0.765. The van der Waals surface area contributed by atoms with E-state index in [4.69, 9.17) is 4.74 Å². The highest BCUT2D eigenvalue weighted by molar-refractivity contribution is 5.60. The van der Waals surface area contributed by atoms with E-state index in [1.807, 2.05) is 31.3 Å². The molecule has 2 heterocycles. The van der Waals surface area contributed by atoms with Gasteiger partial charge in [0.25, 0.3) is 0 Å². The molecule has 0 spiro atoms. The molecule has 0 unspecified atom stereocenters. The van der Waals surface area contributed by atoms with E-state index < -0.39 is 0 Å². The van der Waals surface area contributed by atoms with Crippen LogP contribution in [0.25, 0.3) is 11.3 Å². The first-order chi connectivity index (χ1) is 9.34. The van der Waals surface area contributed by atoms with Gasteiger partial charge >= 0.3 is 0 Å². The Balaban J connectivity index is 1.89. The lowest BCUT2D eigenvalue weighted by molar-refractivity contribution is 0.122. The summed E-state index contributed by atoms with van der Waals surface area (Å²) in [5, 5.41) is 0. The van der Waals surface area contributed by atoms with Gasteiger partial charge in [-0.05, 0) is 6.92 Å². The van der Waals surface area contributed by atoms with Crippen molar-refractivity contribution in [2.24, 2.45) is 0 Å². The van der Waals surface area contributed by atoms with Crippen molar-refractivity contribution < 1.29 is 4.74 Å². The van der Waals surface area contributed by atoms with Crippen LogP contribution in [0.4, 0.5) is 5.82 Å². The van der Waals surface area contributed by atoms with E-state index in [2.05, 4.69) is 27.0 Å². The molecule has 0 N–H and O–H groups in total. The minimum Gasteiger partial charge on any atom is -0.378 e. The second-order valence-electron chi connectivity index (χ2n) is 4.63. The fourth-order valence-corrected chi connectivity index (χ4v) is 2.31. The molecule has 98 valence electrons. The van der Waals surface area contributed by atoms with Gasteiger partial charge in [0.05, 0.1) is 30.8 Å². The Morgan fingerprint density at radius 2 is 1.84 bits per heavy atom. The molecule has 0 radical (unpaired) electrons. The van der Waals surface area contributed by atoms with E-state index in [1.54, 1.807) is 0 Å². The maximum atomic E-state index is 5.36. The number of ether oxygens (including phenoxy) is 1. The Hall–Kier alpha value is -1.94. The van der Waals surface area contributed by atoms with Crippen LogP contribution in [0.15, 0.2) is 36.5 Å². The van der Waals surface area contributed by atoms with Crippen molar-refractivity contribution in [2.45, 2.75) is 6.92 Å². The number of aryl methyl sites for hydroxylation is 1. The number of nitrogens with zero attached hydrogens (tertiary/aromatic N) is 3. The average molecular weight is 255 g/mol. The molecular formula is C15H17N3O. The van der Waals surface area contributed by atoms with Crippen molar-refractivity contribution in [1.29, 1.82) is 0 Å². The third kappa shape index (κ3) is 2.58. The van der Waals surface area contributed by atoms with E-state index in [1.165, 1.54) is 0 Å². The van der Waals surface area contributed by atoms with Gasteiger partial charge < -0.3 is 9.64 Å². The van der Waals surface area contributed by atoms with Gasteiger partial charge in [0, 0.05) is 18.7 Å². The molecule has 1 aliphatic rings. The van der Waals surface area contributed by atoms with Crippen molar-refractivity contribution in [3.63, 3.8) is 0 Å². The monoisotopic (exact) mass is 255 g/mol. The molecule has 19 heavy (non-hydrogen) atoms. The highest BCUT2D eigenvalue weighted by Gasteiger charge is 2.15. The number of morpholine rings is 1. The summed E-state index contributed by atoms with van der Waals surface area (Å²) >= 11 is 0. The van der Waals surface area contributed by atoms with Gasteiger partial charge in [-0.3, -0.25) is 0 Å². The second-order valence-corrected chi connectivity index (χ2v) is 4.63. The molecule has 4 heteroatoms. The third-order valence-corrected chi connectivity index (χ3v) is 3.30. The van der Waals surface area contributed by atoms with E-state index in [0.717, 1.165) is 49.1 Å². The van der Waals surface area contributed by atoms with Gasteiger partial charge in [-0.15, -0.1) is 0 Å². The normalized spacial score (nSPS) is 15.5. The van der Waals surface area contributed by atoms with Gasteiger partial charge in [0.1, 0.15) is 5.82 Å². The summed E-state index contributed by atoms with van der Waals surface area (Å²) < 4.78 is 5.36. The zero-order chi connectivity index (χ0) is 13.1. The van der Waals surface area contributed by atoms with E-state index in [-0.39, 0.29) is 0 Å². The molecule has 1 aliphatic heterocycles. The van der Waals surface area contributed by atoms with Crippen molar-refractivity contribution in [2.75, 3.05) is 31.2 Å². The summed E-state index contributed by atoms with van der Waals surface area (Å²) in [6.07, 6.45) is 1.85. The summed E-state index contributed by atoms with van der Waals surface area (Å²) in [6.45, 7) is 5.33. The molecule has 0 aliphatic carbocycles. The smallest absolute Gasteiger partial charge is 0.150 e. The van der Waals surface area contributed by atoms with Crippen LogP contribution in [-0.4, -0.2) is 36.3 Å². The van der Waals surface area contributed by atoms with Crippen LogP contribution < -0.4 is 4.90 Å². The molecule has 0 atom stereocenters. The molecule has 2 aromatic rings. The van der Waals surface area contributed by atoms with Crippen LogP contribution in [0.5, 0.6) is 0 Å². The lowest BCUT2D eigenvalue weighted by Crippen LogP contribution is -2.37. The average Bonchev–Trinajstić information content (AvgIpc) is 2.49. The SMILES string of the molecule is Cc1nc(-c2ccccc2)cnc1N1CCOCC1. The Morgan fingerprint density at radius 1 is 1.11 bits per heavy atom. The fourth-order valence-electron chi connectivity index (χ4n) is 2.31. The van der Waals surface area contributed by atoms with Crippen LogP contribution in [0.2, 0.25) is 0 Å². The van der Waals surface area contributed by atoms with Gasteiger partial charge in [-0.25, -0.2) is 9.97 Å². The first-order valence-corrected chi connectivity index (χ1v) is 6.56. The predicted molar refractivity (Wildman–Crippen MR) is 75.2 cm³/mol. The Labute approximate surface area is 113 Å². The highest BCUT2D eigenvalue weighted by atomic mass is 16.5. The van der Waals surface area contributed by atoms with Crippen molar-refractivity contribution in [1.82, 2.24) is 9.97 Å². The van der Waals surface area contributed by atoms with Gasteiger partial charge in [0.2, 0.25) is 0 Å². The van der Waals surface area contributed by atoms with Crippen molar-refractivity contribution >= 4 is 5.82 Å². The molecule has 1 saturated heterocycles. The van der Waals surface area contributed by atoms with Crippen LogP contribution in [0.1, 0.15) is 5.69 Å². The Bertz CT molecular complexity index is 551. The summed E-state index contributed by atoms with van der Waals surface area (Å²) in [7, 11) is 0. The molecular weight excluding hydrogens is 238 g/mol. The first-order valence-electron chi connectivity index (χ1n) is 6.56. The highest BCUT2D eigenvalue weighted by Crippen LogP contribution is 2.21. The van der Waals surface area contributed by atoms with E-state index >= 15 is 0 Å². The van der Waals surface area contributed by atoms with Crippen molar-refractivity contribution in [3.8, 4) is 11.3 Å². The van der Waals surface area contributed by atoms with Crippen LogP contribution in [0, 0.1) is 6.92 Å². The molecule has 1 aromatic heterocycles. The molecule has 1 fully saturated rings. The van der Waals surface area contributed by atoms with E-state index in [9.17, 15) is 0 Å². The van der Waals surface area contributed by atoms with Gasteiger partial charge in [0.15, 0.2) is 0 Å². The number of aromatic nitrogens is 2. The topological polar surface area (TPSA) is 38.2 Å². The van der Waals surface area contributed by atoms with Crippen LogP contribution >= 0.6 is 0 Å². The Morgan fingerprint density at radius 3 is 2.53 bits per heavy atom. The van der Waals surface area contributed by atoms with E-state index in [0.29, 0.717) is 0 Å². The zero-order valence-corrected chi connectivity index (χ0v) is 11.0. The number of benzene rings is 1. The molecule has 0 amide bonds. The third-order valence-electron chi connectivity index (χ3n) is 3.30. The molecule has 0 bridgehead atoms. The lowest BCUT2D eigenvalue weighted by Gasteiger charge is -2.28. The fraction of sp³-hybridized carbons (Fsp3) is 0.333. The number of anilines is 1. The maximum Gasteiger partial charge on any atom is 0.150 e. The number of rotatable bonds is 2. The first kappa shape index (κ1) is 12.1. The second kappa shape index (κ2) is 5.36. The van der Waals surface area contributed by atoms with Crippen LogP contribution in [0.3, 0.4) is 0 Å². The molecule has 3 rings (SSSR count). The molecule has 0 saturated carbocycles. The zero-order valence-electron chi connectivity index (χ0n) is 11.0. The maximum absolute atomic E-state index is 5.36. The summed E-state index contributed by atoms with van der Waals surface area (Å²) in [5.74, 6) is 0.975. The summed E-state index contributed by atoms with van der Waals surface area (Å²) in [6, 6.07) is 10.1. The lowest BCUT2D eigenvalue weighted by atomic mass is 10.1.